The molecule has 29 heavy (non-hydrogen) atoms. The lowest BCUT2D eigenvalue weighted by Crippen LogP contribution is -2.37. The van der Waals surface area contributed by atoms with E-state index < -0.39 is 0 Å². The van der Waals surface area contributed by atoms with Gasteiger partial charge in [-0.15, -0.1) is 0 Å². The van der Waals surface area contributed by atoms with E-state index in [-0.39, 0.29) is 17.7 Å². The van der Waals surface area contributed by atoms with Gasteiger partial charge in [0, 0.05) is 19.6 Å². The fourth-order valence-electron chi connectivity index (χ4n) is 3.56. The molecule has 0 saturated heterocycles. The van der Waals surface area contributed by atoms with Gasteiger partial charge in [0.25, 0.3) is 11.8 Å². The van der Waals surface area contributed by atoms with E-state index in [0.29, 0.717) is 36.7 Å². The maximum absolute atomic E-state index is 13.3. The van der Waals surface area contributed by atoms with Gasteiger partial charge in [0.15, 0.2) is 0 Å². The van der Waals surface area contributed by atoms with Crippen LogP contribution in [0.15, 0.2) is 60.3 Å². The summed E-state index contributed by atoms with van der Waals surface area (Å²) < 4.78 is 5.24. The van der Waals surface area contributed by atoms with Gasteiger partial charge in [0.2, 0.25) is 0 Å². The van der Waals surface area contributed by atoms with Crippen LogP contribution in [-0.2, 0) is 16.1 Å². The minimum absolute atomic E-state index is 0.198. The molecule has 0 bridgehead atoms. The largest absolute Gasteiger partial charge is 0.497 e. The Morgan fingerprint density at radius 2 is 1.62 bits per heavy atom. The Bertz CT molecular complexity index is 901. The Morgan fingerprint density at radius 3 is 2.17 bits per heavy atom. The SMILES string of the molecule is CCN(Cc1ccccc1)C1=C(c2ccc(OC)cc2)C(=O)N(CC(C)C)C1=O. The molecule has 2 aromatic rings. The van der Waals surface area contributed by atoms with Crippen molar-refractivity contribution in [1.82, 2.24) is 9.80 Å². The van der Waals surface area contributed by atoms with Crippen LogP contribution in [0.25, 0.3) is 5.57 Å². The molecule has 0 atom stereocenters. The van der Waals surface area contributed by atoms with Gasteiger partial charge in [-0.25, -0.2) is 0 Å². The quantitative estimate of drug-likeness (QED) is 0.638. The number of carbonyl (C=O) groups is 2. The summed E-state index contributed by atoms with van der Waals surface area (Å²) in [5.41, 5.74) is 2.78. The Morgan fingerprint density at radius 1 is 0.966 bits per heavy atom. The Labute approximate surface area is 172 Å². The van der Waals surface area contributed by atoms with Crippen molar-refractivity contribution in [1.29, 1.82) is 0 Å². The second-order valence-electron chi connectivity index (χ2n) is 7.57. The van der Waals surface area contributed by atoms with Crippen molar-refractivity contribution in [2.24, 2.45) is 5.92 Å². The van der Waals surface area contributed by atoms with E-state index >= 15 is 0 Å². The van der Waals surface area contributed by atoms with Crippen LogP contribution < -0.4 is 4.74 Å². The van der Waals surface area contributed by atoms with Gasteiger partial charge in [-0.1, -0.05) is 56.3 Å². The number of amides is 2. The predicted octanol–water partition coefficient (Wildman–Crippen LogP) is 3.95. The van der Waals surface area contributed by atoms with Crippen LogP contribution in [0.3, 0.4) is 0 Å². The van der Waals surface area contributed by atoms with E-state index in [1.165, 1.54) is 4.90 Å². The van der Waals surface area contributed by atoms with Crippen LogP contribution in [0.2, 0.25) is 0 Å². The fourth-order valence-corrected chi connectivity index (χ4v) is 3.56. The third-order valence-corrected chi connectivity index (χ3v) is 4.98. The van der Waals surface area contributed by atoms with Gasteiger partial charge >= 0.3 is 0 Å². The van der Waals surface area contributed by atoms with Crippen LogP contribution >= 0.6 is 0 Å². The first-order valence-corrected chi connectivity index (χ1v) is 10.00. The minimum atomic E-state index is -0.227. The molecule has 0 aliphatic carbocycles. The average Bonchev–Trinajstić information content (AvgIpc) is 2.97. The highest BCUT2D eigenvalue weighted by atomic mass is 16.5. The van der Waals surface area contributed by atoms with Crippen molar-refractivity contribution in [3.8, 4) is 5.75 Å². The molecule has 2 amide bonds. The Balaban J connectivity index is 2.07. The first-order valence-electron chi connectivity index (χ1n) is 10.00. The zero-order valence-electron chi connectivity index (χ0n) is 17.5. The standard InChI is InChI=1S/C24H28N2O3/c1-5-25(16-18-9-7-6-8-10-18)22-21(19-11-13-20(29-4)14-12-19)23(27)26(24(22)28)15-17(2)3/h6-14,17H,5,15-16H2,1-4H3. The molecule has 0 aromatic heterocycles. The molecular weight excluding hydrogens is 364 g/mol. The summed E-state index contributed by atoms with van der Waals surface area (Å²) in [5, 5.41) is 0. The molecule has 0 fully saturated rings. The van der Waals surface area contributed by atoms with Crippen molar-refractivity contribution < 1.29 is 14.3 Å². The van der Waals surface area contributed by atoms with Gasteiger partial charge in [0.1, 0.15) is 11.4 Å². The van der Waals surface area contributed by atoms with Crippen molar-refractivity contribution in [3.05, 3.63) is 71.4 Å². The third kappa shape index (κ3) is 4.34. The number of methoxy groups -OCH3 is 1. The molecule has 0 N–H and O–H groups in total. The highest BCUT2D eigenvalue weighted by molar-refractivity contribution is 6.35. The molecule has 5 nitrogen and oxygen atoms in total. The van der Waals surface area contributed by atoms with Crippen LogP contribution in [-0.4, -0.2) is 41.8 Å². The monoisotopic (exact) mass is 392 g/mol. The summed E-state index contributed by atoms with van der Waals surface area (Å²) in [6.45, 7) is 7.62. The first kappa shape index (κ1) is 20.6. The van der Waals surface area contributed by atoms with Gasteiger partial charge in [0.05, 0.1) is 12.7 Å². The second kappa shape index (κ2) is 8.95. The van der Waals surface area contributed by atoms with Gasteiger partial charge < -0.3 is 9.64 Å². The second-order valence-corrected chi connectivity index (χ2v) is 7.57. The van der Waals surface area contributed by atoms with Crippen LogP contribution in [0.5, 0.6) is 5.75 Å². The smallest absolute Gasteiger partial charge is 0.277 e. The zero-order chi connectivity index (χ0) is 21.0. The first-order chi connectivity index (χ1) is 14.0. The number of hydrogen-bond donors (Lipinski definition) is 0. The van der Waals surface area contributed by atoms with E-state index in [4.69, 9.17) is 4.74 Å². The lowest BCUT2D eigenvalue weighted by molar-refractivity contribution is -0.138. The molecule has 1 aliphatic heterocycles. The molecule has 152 valence electrons. The Kier molecular flexibility index (Phi) is 6.37. The van der Waals surface area contributed by atoms with Crippen molar-refractivity contribution >= 4 is 17.4 Å². The molecule has 0 radical (unpaired) electrons. The van der Waals surface area contributed by atoms with Crippen LogP contribution in [0, 0.1) is 5.92 Å². The maximum atomic E-state index is 13.3. The lowest BCUT2D eigenvalue weighted by Gasteiger charge is -2.25. The summed E-state index contributed by atoms with van der Waals surface area (Å²) in [7, 11) is 1.60. The number of rotatable bonds is 8. The topological polar surface area (TPSA) is 49.9 Å². The molecule has 5 heteroatoms. The molecule has 0 spiro atoms. The minimum Gasteiger partial charge on any atom is -0.497 e. The molecule has 1 heterocycles. The third-order valence-electron chi connectivity index (χ3n) is 4.98. The van der Waals surface area contributed by atoms with Crippen molar-refractivity contribution in [3.63, 3.8) is 0 Å². The lowest BCUT2D eigenvalue weighted by atomic mass is 10.0. The maximum Gasteiger partial charge on any atom is 0.277 e. The van der Waals surface area contributed by atoms with Crippen LogP contribution in [0.1, 0.15) is 31.9 Å². The molecule has 2 aromatic carbocycles. The van der Waals surface area contributed by atoms with E-state index in [1.807, 2.05) is 80.3 Å². The highest BCUT2D eigenvalue weighted by Gasteiger charge is 2.41. The normalized spacial score (nSPS) is 14.2. The summed E-state index contributed by atoms with van der Waals surface area (Å²) in [5.74, 6) is 0.467. The van der Waals surface area contributed by atoms with Crippen molar-refractivity contribution in [2.45, 2.75) is 27.3 Å². The van der Waals surface area contributed by atoms with Gasteiger partial charge in [-0.3, -0.25) is 14.5 Å². The summed E-state index contributed by atoms with van der Waals surface area (Å²) in [6, 6.07) is 17.3. The van der Waals surface area contributed by atoms with E-state index in [1.54, 1.807) is 7.11 Å². The van der Waals surface area contributed by atoms with Crippen molar-refractivity contribution in [2.75, 3.05) is 20.2 Å². The van der Waals surface area contributed by atoms with Crippen LogP contribution in [0.4, 0.5) is 0 Å². The summed E-state index contributed by atoms with van der Waals surface area (Å²) >= 11 is 0. The average molecular weight is 392 g/mol. The molecule has 0 unspecified atom stereocenters. The number of hydrogen-bond acceptors (Lipinski definition) is 4. The van der Waals surface area contributed by atoms with Gasteiger partial charge in [-0.05, 0) is 36.1 Å². The van der Waals surface area contributed by atoms with Gasteiger partial charge in [-0.2, -0.15) is 0 Å². The van der Waals surface area contributed by atoms with E-state index in [0.717, 1.165) is 11.1 Å². The fraction of sp³-hybridized carbons (Fsp3) is 0.333. The molecule has 1 aliphatic rings. The Hall–Kier alpha value is -3.08. The highest BCUT2D eigenvalue weighted by Crippen LogP contribution is 2.33. The molecule has 0 saturated carbocycles. The van der Waals surface area contributed by atoms with E-state index in [9.17, 15) is 9.59 Å². The number of carbonyl (C=O) groups excluding carboxylic acids is 2. The molecular formula is C24H28N2O3. The van der Waals surface area contributed by atoms with E-state index in [2.05, 4.69) is 0 Å². The number of likely N-dealkylation sites (N-methyl/N-ethyl adjacent to an activating group) is 1. The zero-order valence-corrected chi connectivity index (χ0v) is 17.5. The summed E-state index contributed by atoms with van der Waals surface area (Å²) in [6.07, 6.45) is 0. The predicted molar refractivity (Wildman–Crippen MR) is 114 cm³/mol. The number of ether oxygens (including phenoxy) is 1. The molecule has 3 rings (SSSR count). The number of imide groups is 1. The number of benzene rings is 2. The number of nitrogens with zero attached hydrogens (tertiary/aromatic N) is 2. The summed E-state index contributed by atoms with van der Waals surface area (Å²) in [4.78, 5) is 30.0.